The molecule has 0 saturated carbocycles. The van der Waals surface area contributed by atoms with Gasteiger partial charge in [0.1, 0.15) is 5.82 Å². The number of carboxylic acids is 1. The van der Waals surface area contributed by atoms with Gasteiger partial charge in [0.15, 0.2) is 11.6 Å². The molecule has 0 aliphatic rings. The number of halogens is 2. The summed E-state index contributed by atoms with van der Waals surface area (Å²) in [4.78, 5) is 17.6. The van der Waals surface area contributed by atoms with E-state index in [9.17, 15) is 13.6 Å². The van der Waals surface area contributed by atoms with E-state index in [1.165, 1.54) is 6.07 Å². The summed E-state index contributed by atoms with van der Waals surface area (Å²) in [6.07, 6.45) is 0.226. The van der Waals surface area contributed by atoms with Crippen LogP contribution in [0, 0.1) is 18.6 Å². The molecule has 6 heteroatoms. The van der Waals surface area contributed by atoms with Crippen molar-refractivity contribution in [3.05, 3.63) is 41.4 Å². The minimum Gasteiger partial charge on any atom is -0.481 e. The summed E-state index contributed by atoms with van der Waals surface area (Å²) in [5, 5.41) is 8.60. The van der Waals surface area contributed by atoms with Crippen molar-refractivity contribution in [1.82, 2.24) is 9.97 Å². The number of aromatic amines is 1. The molecule has 0 atom stereocenters. The summed E-state index contributed by atoms with van der Waals surface area (Å²) in [7, 11) is 0. The van der Waals surface area contributed by atoms with Crippen LogP contribution in [0.2, 0.25) is 0 Å². The Morgan fingerprint density at radius 2 is 2.11 bits per heavy atom. The molecule has 1 aromatic heterocycles. The zero-order chi connectivity index (χ0) is 14.0. The Balaban J connectivity index is 2.29. The molecule has 0 radical (unpaired) electrons. The summed E-state index contributed by atoms with van der Waals surface area (Å²) >= 11 is 0. The van der Waals surface area contributed by atoms with Gasteiger partial charge in [-0.3, -0.25) is 4.79 Å². The van der Waals surface area contributed by atoms with E-state index in [0.717, 1.165) is 12.1 Å². The number of aromatic nitrogens is 2. The Bertz CT molecular complexity index is 623. The Morgan fingerprint density at radius 1 is 1.37 bits per heavy atom. The molecule has 1 heterocycles. The molecule has 0 aliphatic carbocycles. The lowest BCUT2D eigenvalue weighted by Crippen LogP contribution is -1.98. The fraction of sp³-hybridized carbons (Fsp3) is 0.231. The Morgan fingerprint density at radius 3 is 2.74 bits per heavy atom. The lowest BCUT2D eigenvalue weighted by Gasteiger charge is -1.99. The first-order valence-electron chi connectivity index (χ1n) is 5.70. The third-order valence-corrected chi connectivity index (χ3v) is 2.70. The van der Waals surface area contributed by atoms with Crippen LogP contribution in [0.25, 0.3) is 11.3 Å². The molecule has 19 heavy (non-hydrogen) atoms. The first-order valence-corrected chi connectivity index (χ1v) is 5.70. The molecule has 0 unspecified atom stereocenters. The van der Waals surface area contributed by atoms with E-state index in [0.29, 0.717) is 22.8 Å². The molecule has 0 saturated heterocycles. The highest BCUT2D eigenvalue weighted by molar-refractivity contribution is 5.67. The number of benzene rings is 1. The van der Waals surface area contributed by atoms with Gasteiger partial charge < -0.3 is 10.1 Å². The molecule has 2 N–H and O–H groups in total. The quantitative estimate of drug-likeness (QED) is 0.894. The molecule has 2 aromatic rings. The van der Waals surface area contributed by atoms with Crippen molar-refractivity contribution < 1.29 is 18.7 Å². The molecule has 4 nitrogen and oxygen atoms in total. The number of nitrogens with zero attached hydrogens (tertiary/aromatic N) is 1. The smallest absolute Gasteiger partial charge is 0.303 e. The van der Waals surface area contributed by atoms with E-state index >= 15 is 0 Å². The number of nitrogens with one attached hydrogen (secondary N) is 1. The van der Waals surface area contributed by atoms with E-state index in [4.69, 9.17) is 5.11 Å². The molecule has 0 fully saturated rings. The van der Waals surface area contributed by atoms with Crippen LogP contribution in [0.5, 0.6) is 0 Å². The largest absolute Gasteiger partial charge is 0.481 e. The summed E-state index contributed by atoms with van der Waals surface area (Å²) in [6.45, 7) is 1.74. The van der Waals surface area contributed by atoms with E-state index in [2.05, 4.69) is 9.97 Å². The number of carboxylic acid groups (broad SMARTS) is 1. The predicted octanol–water partition coefficient (Wildman–Crippen LogP) is 2.68. The highest BCUT2D eigenvalue weighted by atomic mass is 19.2. The zero-order valence-electron chi connectivity index (χ0n) is 10.2. The van der Waals surface area contributed by atoms with Crippen LogP contribution < -0.4 is 0 Å². The maximum absolute atomic E-state index is 13.2. The number of aliphatic carboxylic acids is 1. The molecule has 0 amide bonds. The van der Waals surface area contributed by atoms with Gasteiger partial charge in [0, 0.05) is 17.7 Å². The third-order valence-electron chi connectivity index (χ3n) is 2.70. The molecular weight excluding hydrogens is 254 g/mol. The summed E-state index contributed by atoms with van der Waals surface area (Å²) in [5.74, 6) is -2.25. The number of hydrogen-bond acceptors (Lipinski definition) is 2. The van der Waals surface area contributed by atoms with Crippen LogP contribution in [-0.4, -0.2) is 21.0 Å². The minimum absolute atomic E-state index is 0.0375. The van der Waals surface area contributed by atoms with Crippen LogP contribution in [0.15, 0.2) is 18.2 Å². The topological polar surface area (TPSA) is 66.0 Å². The van der Waals surface area contributed by atoms with Gasteiger partial charge in [-0.15, -0.1) is 0 Å². The Labute approximate surface area is 108 Å². The molecule has 0 bridgehead atoms. The molecule has 1 aromatic carbocycles. The summed E-state index contributed by atoms with van der Waals surface area (Å²) in [5.41, 5.74) is 1.64. The van der Waals surface area contributed by atoms with Crippen molar-refractivity contribution >= 4 is 5.97 Å². The predicted molar refractivity (Wildman–Crippen MR) is 64.6 cm³/mol. The summed E-state index contributed by atoms with van der Waals surface area (Å²) in [6, 6.07) is 3.54. The number of aryl methyl sites for hydroxylation is 2. The molecule has 2 rings (SSSR count). The van der Waals surface area contributed by atoms with Crippen LogP contribution >= 0.6 is 0 Å². The van der Waals surface area contributed by atoms with Gasteiger partial charge in [-0.1, -0.05) is 0 Å². The molecule has 100 valence electrons. The van der Waals surface area contributed by atoms with Crippen LogP contribution in [0.1, 0.15) is 17.9 Å². The van der Waals surface area contributed by atoms with Gasteiger partial charge in [-0.05, 0) is 25.1 Å². The van der Waals surface area contributed by atoms with E-state index in [1.54, 1.807) is 6.92 Å². The van der Waals surface area contributed by atoms with Crippen molar-refractivity contribution in [3.8, 4) is 11.3 Å². The van der Waals surface area contributed by atoms with Gasteiger partial charge in [-0.2, -0.15) is 0 Å². The second-order valence-electron chi connectivity index (χ2n) is 4.18. The van der Waals surface area contributed by atoms with Gasteiger partial charge in [-0.25, -0.2) is 13.8 Å². The SMILES string of the molecule is Cc1[nH]c(CCC(=O)O)nc1-c1ccc(F)c(F)c1. The second-order valence-corrected chi connectivity index (χ2v) is 4.18. The minimum atomic E-state index is -0.938. The van der Waals surface area contributed by atoms with Gasteiger partial charge in [0.2, 0.25) is 0 Å². The first kappa shape index (κ1) is 13.2. The first-order chi connectivity index (χ1) is 8.97. The number of imidazole rings is 1. The Hall–Kier alpha value is -2.24. The fourth-order valence-corrected chi connectivity index (χ4v) is 1.79. The molecular formula is C13H12F2N2O2. The average molecular weight is 266 g/mol. The highest BCUT2D eigenvalue weighted by Crippen LogP contribution is 2.23. The number of carbonyl (C=O) groups is 1. The number of H-pyrrole nitrogens is 1. The van der Waals surface area contributed by atoms with Gasteiger partial charge >= 0.3 is 5.97 Å². The second kappa shape index (κ2) is 5.17. The van der Waals surface area contributed by atoms with Crippen molar-refractivity contribution in [2.24, 2.45) is 0 Å². The highest BCUT2D eigenvalue weighted by Gasteiger charge is 2.12. The molecule has 0 aliphatic heterocycles. The maximum atomic E-state index is 13.2. The normalized spacial score (nSPS) is 10.7. The van der Waals surface area contributed by atoms with E-state index in [1.807, 2.05) is 0 Å². The fourth-order valence-electron chi connectivity index (χ4n) is 1.79. The van der Waals surface area contributed by atoms with Gasteiger partial charge in [0.05, 0.1) is 12.1 Å². The average Bonchev–Trinajstić information content (AvgIpc) is 2.72. The third kappa shape index (κ3) is 2.96. The maximum Gasteiger partial charge on any atom is 0.303 e. The van der Waals surface area contributed by atoms with Crippen molar-refractivity contribution in [2.45, 2.75) is 19.8 Å². The standard InChI is InChI=1S/C13H12F2N2O2/c1-7-13(8-2-3-9(14)10(15)6-8)17-11(16-7)4-5-12(18)19/h2-3,6H,4-5H2,1H3,(H,16,17)(H,18,19). The number of hydrogen-bond donors (Lipinski definition) is 2. The van der Waals surface area contributed by atoms with Crippen LogP contribution in [-0.2, 0) is 11.2 Å². The monoisotopic (exact) mass is 266 g/mol. The number of rotatable bonds is 4. The lowest BCUT2D eigenvalue weighted by molar-refractivity contribution is -0.137. The van der Waals surface area contributed by atoms with Crippen molar-refractivity contribution in [2.75, 3.05) is 0 Å². The van der Waals surface area contributed by atoms with Crippen molar-refractivity contribution in [1.29, 1.82) is 0 Å². The van der Waals surface area contributed by atoms with E-state index in [-0.39, 0.29) is 12.8 Å². The Kier molecular flexibility index (Phi) is 3.59. The zero-order valence-corrected chi connectivity index (χ0v) is 10.2. The van der Waals surface area contributed by atoms with E-state index < -0.39 is 17.6 Å². The summed E-state index contributed by atoms with van der Waals surface area (Å²) < 4.78 is 26.0. The van der Waals surface area contributed by atoms with Crippen molar-refractivity contribution in [3.63, 3.8) is 0 Å². The van der Waals surface area contributed by atoms with Crippen LogP contribution in [0.3, 0.4) is 0 Å². The van der Waals surface area contributed by atoms with Crippen LogP contribution in [0.4, 0.5) is 8.78 Å². The van der Waals surface area contributed by atoms with Gasteiger partial charge in [0.25, 0.3) is 0 Å². The lowest BCUT2D eigenvalue weighted by atomic mass is 10.1. The molecule has 0 spiro atoms.